The number of hydrogen-bond acceptors (Lipinski definition) is 2. The molecule has 0 radical (unpaired) electrons. The zero-order chi connectivity index (χ0) is 19.3. The number of carbonyl (C=O) groups is 1. The Morgan fingerprint density at radius 1 is 1.04 bits per heavy atom. The number of aliphatic imine (C=N–C) groups is 1. The topological polar surface area (TPSA) is 32.7 Å². The fourth-order valence-electron chi connectivity index (χ4n) is 5.38. The summed E-state index contributed by atoms with van der Waals surface area (Å²) in [6.45, 7) is 2.05. The van der Waals surface area contributed by atoms with Crippen molar-refractivity contribution in [1.82, 2.24) is 0 Å². The van der Waals surface area contributed by atoms with Crippen LogP contribution >= 0.6 is 12.2 Å². The molecule has 1 heterocycles. The van der Waals surface area contributed by atoms with Gasteiger partial charge in [-0.3, -0.25) is 9.69 Å². The standard InChI is InChI=1S/C24H24N2OS/c1-16-9-11-18(12-10-16)26-22(27)20-21(25-23(26)28)19-8-4-3-7-17(19)15-24(20)13-5-2-6-14-24/h3-4,7-12,20H,2,5-6,13-15H2,1H3. The minimum Gasteiger partial charge on any atom is -0.273 e. The van der Waals surface area contributed by atoms with Gasteiger partial charge in [-0.15, -0.1) is 0 Å². The van der Waals surface area contributed by atoms with Crippen molar-refractivity contribution in [2.75, 3.05) is 4.90 Å². The van der Waals surface area contributed by atoms with Crippen molar-refractivity contribution in [3.63, 3.8) is 0 Å². The van der Waals surface area contributed by atoms with E-state index in [9.17, 15) is 4.79 Å². The predicted molar refractivity (Wildman–Crippen MR) is 117 cm³/mol. The molecule has 1 atom stereocenters. The molecule has 1 amide bonds. The molecule has 1 spiro atoms. The molecule has 2 aliphatic carbocycles. The summed E-state index contributed by atoms with van der Waals surface area (Å²) in [5.41, 5.74) is 5.30. The first-order valence-electron chi connectivity index (χ1n) is 10.2. The van der Waals surface area contributed by atoms with Gasteiger partial charge in [0.1, 0.15) is 0 Å². The van der Waals surface area contributed by atoms with E-state index in [1.807, 2.05) is 37.3 Å². The molecule has 1 unspecified atom stereocenters. The first-order chi connectivity index (χ1) is 13.6. The van der Waals surface area contributed by atoms with Gasteiger partial charge in [-0.2, -0.15) is 0 Å². The van der Waals surface area contributed by atoms with Gasteiger partial charge in [0, 0.05) is 5.56 Å². The summed E-state index contributed by atoms with van der Waals surface area (Å²) >= 11 is 5.62. The number of amides is 1. The van der Waals surface area contributed by atoms with Gasteiger partial charge in [-0.25, -0.2) is 4.99 Å². The highest BCUT2D eigenvalue weighted by atomic mass is 32.1. The molecule has 4 heteroatoms. The number of rotatable bonds is 1. The number of thiocarbonyl (C=S) groups is 1. The van der Waals surface area contributed by atoms with Crippen LogP contribution in [0.2, 0.25) is 0 Å². The van der Waals surface area contributed by atoms with E-state index in [1.54, 1.807) is 4.90 Å². The van der Waals surface area contributed by atoms with Gasteiger partial charge in [0.05, 0.1) is 17.3 Å². The number of benzene rings is 2. The molecule has 0 bridgehead atoms. The molecule has 1 aliphatic heterocycles. The number of anilines is 1. The predicted octanol–water partition coefficient (Wildman–Crippen LogP) is 5.24. The maximum Gasteiger partial charge on any atom is 0.243 e. The Balaban J connectivity index is 1.67. The van der Waals surface area contributed by atoms with Crippen LogP contribution < -0.4 is 4.90 Å². The average molecular weight is 389 g/mol. The third-order valence-electron chi connectivity index (χ3n) is 6.74. The summed E-state index contributed by atoms with van der Waals surface area (Å²) in [4.78, 5) is 20.4. The Kier molecular flexibility index (Phi) is 4.20. The SMILES string of the molecule is Cc1ccc(N2C(=O)C3C(=NC2=S)c2ccccc2CC32CCCCC2)cc1. The number of carbonyl (C=O) groups excluding carboxylic acids is 1. The Morgan fingerprint density at radius 2 is 1.75 bits per heavy atom. The van der Waals surface area contributed by atoms with Crippen molar-refractivity contribution in [3.05, 3.63) is 65.2 Å². The van der Waals surface area contributed by atoms with E-state index in [1.165, 1.54) is 30.4 Å². The molecule has 3 nitrogen and oxygen atoms in total. The second kappa shape index (κ2) is 6.63. The quantitative estimate of drug-likeness (QED) is 0.626. The van der Waals surface area contributed by atoms with Gasteiger partial charge in [0.2, 0.25) is 11.0 Å². The first-order valence-corrected chi connectivity index (χ1v) is 10.6. The zero-order valence-corrected chi connectivity index (χ0v) is 17.0. The molecule has 1 saturated carbocycles. The van der Waals surface area contributed by atoms with Crippen LogP contribution in [0, 0.1) is 18.3 Å². The minimum atomic E-state index is -0.198. The van der Waals surface area contributed by atoms with Gasteiger partial charge in [0.25, 0.3) is 0 Å². The van der Waals surface area contributed by atoms with Crippen molar-refractivity contribution >= 4 is 34.6 Å². The maximum atomic E-state index is 13.9. The Morgan fingerprint density at radius 3 is 2.50 bits per heavy atom. The van der Waals surface area contributed by atoms with E-state index in [0.717, 1.165) is 36.2 Å². The molecule has 2 aromatic carbocycles. The van der Waals surface area contributed by atoms with Crippen molar-refractivity contribution in [2.45, 2.75) is 45.4 Å². The van der Waals surface area contributed by atoms with Crippen LogP contribution in [0.1, 0.15) is 48.8 Å². The third-order valence-corrected chi connectivity index (χ3v) is 7.01. The monoisotopic (exact) mass is 388 g/mol. The van der Waals surface area contributed by atoms with Crippen LogP contribution in [0.25, 0.3) is 0 Å². The van der Waals surface area contributed by atoms with E-state index >= 15 is 0 Å². The van der Waals surface area contributed by atoms with Crippen LogP contribution in [0.5, 0.6) is 0 Å². The lowest BCUT2D eigenvalue weighted by molar-refractivity contribution is -0.123. The van der Waals surface area contributed by atoms with Gasteiger partial charge >= 0.3 is 0 Å². The average Bonchev–Trinajstić information content (AvgIpc) is 2.70. The molecule has 0 saturated heterocycles. The molecule has 1 fully saturated rings. The van der Waals surface area contributed by atoms with E-state index < -0.39 is 0 Å². The summed E-state index contributed by atoms with van der Waals surface area (Å²) in [5.74, 6) is -0.0917. The van der Waals surface area contributed by atoms with Crippen LogP contribution in [-0.2, 0) is 11.2 Å². The number of hydrogen-bond donors (Lipinski definition) is 0. The zero-order valence-electron chi connectivity index (χ0n) is 16.1. The molecule has 0 N–H and O–H groups in total. The number of nitrogens with zero attached hydrogens (tertiary/aromatic N) is 2. The fourth-order valence-corrected chi connectivity index (χ4v) is 5.68. The molecular formula is C24H24N2OS. The van der Waals surface area contributed by atoms with E-state index in [4.69, 9.17) is 17.2 Å². The van der Waals surface area contributed by atoms with Gasteiger partial charge < -0.3 is 0 Å². The van der Waals surface area contributed by atoms with Crippen LogP contribution in [0.4, 0.5) is 5.69 Å². The van der Waals surface area contributed by atoms with E-state index in [-0.39, 0.29) is 17.2 Å². The summed E-state index contributed by atoms with van der Waals surface area (Å²) in [6, 6.07) is 16.4. The second-order valence-corrected chi connectivity index (χ2v) is 8.84. The van der Waals surface area contributed by atoms with Crippen molar-refractivity contribution in [1.29, 1.82) is 0 Å². The number of aryl methyl sites for hydroxylation is 1. The van der Waals surface area contributed by atoms with E-state index in [2.05, 4.69) is 18.2 Å². The number of fused-ring (bicyclic) bond motifs is 4. The summed E-state index contributed by atoms with van der Waals surface area (Å²) in [5, 5.41) is 0.364. The molecule has 28 heavy (non-hydrogen) atoms. The molecular weight excluding hydrogens is 364 g/mol. The second-order valence-electron chi connectivity index (χ2n) is 8.48. The Labute approximate surface area is 171 Å². The summed E-state index contributed by atoms with van der Waals surface area (Å²) in [6.07, 6.45) is 6.78. The first kappa shape index (κ1) is 17.7. The summed E-state index contributed by atoms with van der Waals surface area (Å²) < 4.78 is 0. The van der Waals surface area contributed by atoms with Crippen molar-refractivity contribution in [3.8, 4) is 0 Å². The lowest BCUT2D eigenvalue weighted by atomic mass is 9.57. The Bertz CT molecular complexity index is 986. The van der Waals surface area contributed by atoms with E-state index in [0.29, 0.717) is 5.11 Å². The lowest BCUT2D eigenvalue weighted by Crippen LogP contribution is -2.56. The molecule has 0 aromatic heterocycles. The van der Waals surface area contributed by atoms with Gasteiger partial charge in [-0.05, 0) is 61.5 Å². The molecule has 5 rings (SSSR count). The van der Waals surface area contributed by atoms with Crippen LogP contribution in [0.3, 0.4) is 0 Å². The smallest absolute Gasteiger partial charge is 0.243 e. The molecule has 3 aliphatic rings. The Hall–Kier alpha value is -2.33. The van der Waals surface area contributed by atoms with Gasteiger partial charge in [0.15, 0.2) is 0 Å². The van der Waals surface area contributed by atoms with Crippen LogP contribution in [0.15, 0.2) is 53.5 Å². The highest BCUT2D eigenvalue weighted by Crippen LogP contribution is 2.51. The van der Waals surface area contributed by atoms with Crippen LogP contribution in [-0.4, -0.2) is 16.7 Å². The highest BCUT2D eigenvalue weighted by molar-refractivity contribution is 7.80. The van der Waals surface area contributed by atoms with Gasteiger partial charge in [-0.1, -0.05) is 61.2 Å². The third kappa shape index (κ3) is 2.66. The largest absolute Gasteiger partial charge is 0.273 e. The maximum absolute atomic E-state index is 13.9. The highest BCUT2D eigenvalue weighted by Gasteiger charge is 2.53. The normalized spacial score (nSPS) is 23.2. The van der Waals surface area contributed by atoms with Crippen molar-refractivity contribution < 1.29 is 4.79 Å². The minimum absolute atomic E-state index is 0.0263. The fraction of sp³-hybridized carbons (Fsp3) is 0.375. The summed E-state index contributed by atoms with van der Waals surface area (Å²) in [7, 11) is 0. The van der Waals surface area contributed by atoms with Crippen molar-refractivity contribution in [2.24, 2.45) is 16.3 Å². The molecule has 142 valence electrons. The molecule has 2 aromatic rings. The lowest BCUT2D eigenvalue weighted by Gasteiger charge is -2.49.